The number of rotatable bonds is 4. The summed E-state index contributed by atoms with van der Waals surface area (Å²) in [7, 11) is 0. The molecule has 0 fully saturated rings. The van der Waals surface area contributed by atoms with E-state index in [-0.39, 0.29) is 24.8 Å². The van der Waals surface area contributed by atoms with Crippen LogP contribution in [0.3, 0.4) is 0 Å². The largest absolute Gasteiger partial charge is 0.560 e. The molecule has 1 aliphatic heterocycles. The van der Waals surface area contributed by atoms with Crippen molar-refractivity contribution in [1.29, 1.82) is 0 Å². The van der Waals surface area contributed by atoms with Crippen LogP contribution in [0.15, 0.2) is 30.3 Å². The van der Waals surface area contributed by atoms with E-state index < -0.39 is 16.7 Å². The van der Waals surface area contributed by atoms with E-state index in [1.807, 2.05) is 13.8 Å². The van der Waals surface area contributed by atoms with Crippen LogP contribution in [0.1, 0.15) is 26.3 Å². The van der Waals surface area contributed by atoms with Crippen LogP contribution in [0.25, 0.3) is 6.08 Å². The maximum atomic E-state index is 12.4. The lowest BCUT2D eigenvalue weighted by atomic mass is 10.1. The third-order valence-electron chi connectivity index (χ3n) is 3.39. The van der Waals surface area contributed by atoms with E-state index in [4.69, 9.17) is 9.47 Å². The number of carbonyl (C=O) groups excluding carboxylic acids is 1. The van der Waals surface area contributed by atoms with Gasteiger partial charge in [0, 0.05) is 22.4 Å². The van der Waals surface area contributed by atoms with Gasteiger partial charge < -0.3 is 9.84 Å². The fraction of sp³-hybridized carbons (Fsp3) is 0.438. The molecule has 1 aromatic carbocycles. The zero-order valence-corrected chi connectivity index (χ0v) is 13.0. The van der Waals surface area contributed by atoms with Crippen molar-refractivity contribution in [3.63, 3.8) is 0 Å². The summed E-state index contributed by atoms with van der Waals surface area (Å²) in [6, 6.07) is 6.73. The third kappa shape index (κ3) is 2.66. The van der Waals surface area contributed by atoms with Gasteiger partial charge in [-0.2, -0.15) is 10.0 Å². The Morgan fingerprint density at radius 3 is 2.68 bits per heavy atom. The summed E-state index contributed by atoms with van der Waals surface area (Å²) in [4.78, 5) is 12.4. The average Bonchev–Trinajstić information content (AvgIpc) is 2.50. The Morgan fingerprint density at radius 1 is 1.36 bits per heavy atom. The highest BCUT2D eigenvalue weighted by Gasteiger charge is 2.62. The molecule has 1 heterocycles. The molecular weight excluding hydrogens is 286 g/mol. The predicted octanol–water partition coefficient (Wildman–Crippen LogP) is 2.89. The molecule has 6 heteroatoms. The van der Waals surface area contributed by atoms with Gasteiger partial charge in [-0.15, -0.1) is 0 Å². The molecule has 2 rings (SSSR count). The van der Waals surface area contributed by atoms with Gasteiger partial charge in [-0.3, -0.25) is 4.74 Å². The van der Waals surface area contributed by atoms with Crippen molar-refractivity contribution in [2.24, 2.45) is 5.92 Å². The molecule has 0 bridgehead atoms. The van der Waals surface area contributed by atoms with Crippen molar-refractivity contribution in [2.45, 2.75) is 26.7 Å². The minimum atomic E-state index is -2.23. The molecule has 1 amide bonds. The first-order chi connectivity index (χ1) is 10.3. The van der Waals surface area contributed by atoms with Gasteiger partial charge in [0.1, 0.15) is 0 Å². The standard InChI is InChI=1S/C16H22NO5/c1-4-21-15(18)17(20)14-8-6-5-7-13(14)9-10-16(17,19)22-11-12(2)3/h5-10,12,19-20H,4,11H2,1-3H3/q+1. The number of hydrogen-bond donors (Lipinski definition) is 2. The number of amides is 1. The molecule has 2 atom stereocenters. The van der Waals surface area contributed by atoms with Gasteiger partial charge in [-0.05, 0) is 25.0 Å². The molecule has 0 aromatic heterocycles. The SMILES string of the molecule is CCOC(=O)[N+]1(O)c2ccccc2C=CC1(O)OCC(C)C. The molecule has 1 aromatic rings. The van der Waals surface area contributed by atoms with E-state index in [9.17, 15) is 15.1 Å². The van der Waals surface area contributed by atoms with Crippen LogP contribution in [0, 0.1) is 5.92 Å². The van der Waals surface area contributed by atoms with Crippen molar-refractivity contribution >= 4 is 17.9 Å². The van der Waals surface area contributed by atoms with Gasteiger partial charge in [-0.1, -0.05) is 26.0 Å². The van der Waals surface area contributed by atoms with Gasteiger partial charge in [0.2, 0.25) is 0 Å². The number of quaternary nitrogens is 1. The van der Waals surface area contributed by atoms with E-state index >= 15 is 0 Å². The second-order valence-electron chi connectivity index (χ2n) is 5.59. The smallest absolute Gasteiger partial charge is 0.418 e. The van der Waals surface area contributed by atoms with Gasteiger partial charge in [-0.25, -0.2) is 0 Å². The first-order valence-corrected chi connectivity index (χ1v) is 7.29. The topological polar surface area (TPSA) is 76.0 Å². The van der Waals surface area contributed by atoms with Crippen LogP contribution in [0.2, 0.25) is 0 Å². The van der Waals surface area contributed by atoms with Gasteiger partial charge in [0.15, 0.2) is 5.69 Å². The van der Waals surface area contributed by atoms with Crippen LogP contribution in [-0.2, 0) is 9.47 Å². The summed E-state index contributed by atoms with van der Waals surface area (Å²) in [5.74, 6) is -2.12. The molecule has 1 aliphatic rings. The minimum Gasteiger partial charge on any atom is -0.418 e. The summed E-state index contributed by atoms with van der Waals surface area (Å²) in [5, 5.41) is 21.8. The predicted molar refractivity (Wildman–Crippen MR) is 81.8 cm³/mol. The van der Waals surface area contributed by atoms with Crippen molar-refractivity contribution in [3.05, 3.63) is 35.9 Å². The fourth-order valence-corrected chi connectivity index (χ4v) is 2.28. The number of carbonyl (C=O) groups is 1. The Kier molecular flexibility index (Phi) is 4.67. The zero-order chi connectivity index (χ0) is 16.4. The Hall–Kier alpha value is -1.73. The number of fused-ring (bicyclic) bond motifs is 1. The molecule has 0 radical (unpaired) electrons. The van der Waals surface area contributed by atoms with Crippen LogP contribution >= 0.6 is 0 Å². The van der Waals surface area contributed by atoms with Crippen molar-refractivity contribution < 1.29 is 24.6 Å². The van der Waals surface area contributed by atoms with Crippen LogP contribution in [0.4, 0.5) is 10.5 Å². The van der Waals surface area contributed by atoms with E-state index in [2.05, 4.69) is 0 Å². The number of para-hydroxylation sites is 1. The summed E-state index contributed by atoms with van der Waals surface area (Å²) in [6.07, 6.45) is 1.89. The molecule has 22 heavy (non-hydrogen) atoms. The lowest BCUT2D eigenvalue weighted by Gasteiger charge is -2.39. The highest BCUT2D eigenvalue weighted by molar-refractivity contribution is 5.87. The minimum absolute atomic E-state index is 0.0749. The van der Waals surface area contributed by atoms with Gasteiger partial charge in [0.05, 0.1) is 13.2 Å². The maximum absolute atomic E-state index is 12.4. The average molecular weight is 308 g/mol. The van der Waals surface area contributed by atoms with Crippen LogP contribution in [-0.4, -0.2) is 35.5 Å². The van der Waals surface area contributed by atoms with Crippen molar-refractivity contribution in [2.75, 3.05) is 13.2 Å². The number of hydroxylamine groups is 2. The normalized spacial score (nSPS) is 26.8. The van der Waals surface area contributed by atoms with E-state index in [0.29, 0.717) is 5.56 Å². The Labute approximate surface area is 129 Å². The first kappa shape index (κ1) is 16.6. The maximum Gasteiger partial charge on any atom is 0.560 e. The zero-order valence-electron chi connectivity index (χ0n) is 13.0. The molecule has 0 spiro atoms. The molecule has 0 saturated heterocycles. The number of ether oxygens (including phenoxy) is 2. The highest BCUT2D eigenvalue weighted by atomic mass is 16.8. The van der Waals surface area contributed by atoms with E-state index in [1.165, 1.54) is 6.08 Å². The monoisotopic (exact) mass is 308 g/mol. The second kappa shape index (κ2) is 6.18. The Balaban J connectivity index is 2.52. The van der Waals surface area contributed by atoms with Crippen molar-refractivity contribution in [3.8, 4) is 0 Å². The quantitative estimate of drug-likeness (QED) is 0.508. The second-order valence-corrected chi connectivity index (χ2v) is 5.59. The highest BCUT2D eigenvalue weighted by Crippen LogP contribution is 2.40. The van der Waals surface area contributed by atoms with E-state index in [1.54, 1.807) is 37.3 Å². The summed E-state index contributed by atoms with van der Waals surface area (Å²) in [6.45, 7) is 5.68. The Bertz CT molecular complexity index is 586. The summed E-state index contributed by atoms with van der Waals surface area (Å²) >= 11 is 0. The van der Waals surface area contributed by atoms with Gasteiger partial charge in [0.25, 0.3) is 0 Å². The van der Waals surface area contributed by atoms with Crippen LogP contribution < -0.4 is 4.65 Å². The Morgan fingerprint density at radius 2 is 2.05 bits per heavy atom. The number of hydrogen-bond acceptors (Lipinski definition) is 5. The molecule has 2 unspecified atom stereocenters. The molecule has 0 aliphatic carbocycles. The lowest BCUT2D eigenvalue weighted by Crippen LogP contribution is -2.69. The summed E-state index contributed by atoms with van der Waals surface area (Å²) in [5.41, 5.74) is 0.811. The number of benzene rings is 1. The lowest BCUT2D eigenvalue weighted by molar-refractivity contribution is -0.324. The number of nitrogens with zero attached hydrogens (tertiary/aromatic N) is 1. The molecule has 6 nitrogen and oxygen atoms in total. The number of aliphatic hydroxyl groups is 1. The molecule has 0 saturated carbocycles. The third-order valence-corrected chi connectivity index (χ3v) is 3.39. The van der Waals surface area contributed by atoms with Crippen molar-refractivity contribution in [1.82, 2.24) is 4.65 Å². The van der Waals surface area contributed by atoms with Crippen LogP contribution in [0.5, 0.6) is 0 Å². The molecular formula is C16H22NO5+. The molecule has 120 valence electrons. The van der Waals surface area contributed by atoms with Gasteiger partial charge >= 0.3 is 12.0 Å². The van der Waals surface area contributed by atoms with E-state index in [0.717, 1.165) is 0 Å². The summed E-state index contributed by atoms with van der Waals surface area (Å²) < 4.78 is 8.93. The first-order valence-electron chi connectivity index (χ1n) is 7.29. The molecule has 2 N–H and O–H groups in total. The fourth-order valence-electron chi connectivity index (χ4n) is 2.28.